The number of rotatable bonds is 4. The van der Waals surface area contributed by atoms with Crippen molar-refractivity contribution in [3.63, 3.8) is 0 Å². The summed E-state index contributed by atoms with van der Waals surface area (Å²) in [5.41, 5.74) is 4.31. The SMILES string of the molecule is CC1CCC(CO)(NC(=O)OCC2c3ccccc3-c3ccccc32)C1. The smallest absolute Gasteiger partial charge is 0.407 e. The van der Waals surface area contributed by atoms with Gasteiger partial charge in [-0.15, -0.1) is 0 Å². The van der Waals surface area contributed by atoms with Crippen molar-refractivity contribution in [2.24, 2.45) is 5.92 Å². The third-order valence-corrected chi connectivity index (χ3v) is 5.87. The summed E-state index contributed by atoms with van der Waals surface area (Å²) in [6.45, 7) is 2.41. The first-order chi connectivity index (χ1) is 12.6. The Kier molecular flexibility index (Phi) is 4.45. The van der Waals surface area contributed by atoms with E-state index < -0.39 is 11.6 Å². The van der Waals surface area contributed by atoms with Crippen LogP contribution in [0.1, 0.15) is 43.2 Å². The van der Waals surface area contributed by atoms with E-state index in [0.29, 0.717) is 12.5 Å². The van der Waals surface area contributed by atoms with Gasteiger partial charge in [-0.25, -0.2) is 4.79 Å². The number of nitrogens with one attached hydrogen (secondary N) is 1. The second-order valence-corrected chi connectivity index (χ2v) is 7.74. The Labute approximate surface area is 154 Å². The molecule has 1 saturated carbocycles. The van der Waals surface area contributed by atoms with Crippen LogP contribution in [0.25, 0.3) is 11.1 Å². The molecular formula is C22H25NO3. The molecule has 0 heterocycles. The van der Waals surface area contributed by atoms with E-state index in [1.54, 1.807) is 0 Å². The van der Waals surface area contributed by atoms with Gasteiger partial charge in [0, 0.05) is 5.92 Å². The summed E-state index contributed by atoms with van der Waals surface area (Å²) in [4.78, 5) is 12.4. The molecule has 0 radical (unpaired) electrons. The molecule has 2 aromatic carbocycles. The number of fused-ring (bicyclic) bond motifs is 3. The highest BCUT2D eigenvalue weighted by Crippen LogP contribution is 2.44. The fourth-order valence-corrected chi connectivity index (χ4v) is 4.54. The largest absolute Gasteiger partial charge is 0.449 e. The van der Waals surface area contributed by atoms with E-state index in [-0.39, 0.29) is 12.5 Å². The van der Waals surface area contributed by atoms with E-state index in [9.17, 15) is 9.90 Å². The Morgan fingerprint density at radius 2 is 1.77 bits per heavy atom. The molecule has 2 atom stereocenters. The van der Waals surface area contributed by atoms with Crippen LogP contribution in [-0.4, -0.2) is 30.0 Å². The average molecular weight is 351 g/mol. The molecule has 4 nitrogen and oxygen atoms in total. The molecule has 0 spiro atoms. The topological polar surface area (TPSA) is 58.6 Å². The second-order valence-electron chi connectivity index (χ2n) is 7.74. The lowest BCUT2D eigenvalue weighted by atomic mass is 9.97. The summed E-state index contributed by atoms with van der Waals surface area (Å²) in [5, 5.41) is 12.7. The first-order valence-corrected chi connectivity index (χ1v) is 9.36. The Hall–Kier alpha value is -2.33. The molecule has 2 N–H and O–H groups in total. The number of aliphatic hydroxyl groups excluding tert-OH is 1. The van der Waals surface area contributed by atoms with Gasteiger partial charge in [0.15, 0.2) is 0 Å². The van der Waals surface area contributed by atoms with Crippen molar-refractivity contribution in [1.82, 2.24) is 5.32 Å². The maximum absolute atomic E-state index is 12.4. The number of benzene rings is 2. The molecule has 136 valence electrons. The zero-order valence-electron chi connectivity index (χ0n) is 15.1. The Balaban J connectivity index is 1.47. The van der Waals surface area contributed by atoms with Crippen LogP contribution in [0.4, 0.5) is 4.79 Å². The predicted octanol–water partition coefficient (Wildman–Crippen LogP) is 4.08. The normalized spacial score (nSPS) is 24.2. The molecule has 0 bridgehead atoms. The fraction of sp³-hybridized carbons (Fsp3) is 0.409. The van der Waals surface area contributed by atoms with Gasteiger partial charge in [-0.05, 0) is 47.4 Å². The Morgan fingerprint density at radius 3 is 2.31 bits per heavy atom. The maximum atomic E-state index is 12.4. The maximum Gasteiger partial charge on any atom is 0.407 e. The molecule has 26 heavy (non-hydrogen) atoms. The zero-order valence-corrected chi connectivity index (χ0v) is 15.1. The molecule has 2 aromatic rings. The lowest BCUT2D eigenvalue weighted by Crippen LogP contribution is -2.49. The van der Waals surface area contributed by atoms with E-state index in [2.05, 4.69) is 36.5 Å². The highest BCUT2D eigenvalue weighted by atomic mass is 16.5. The van der Waals surface area contributed by atoms with Gasteiger partial charge in [0.1, 0.15) is 6.61 Å². The molecule has 4 heteroatoms. The van der Waals surface area contributed by atoms with Gasteiger partial charge in [0.25, 0.3) is 0 Å². The van der Waals surface area contributed by atoms with Crippen LogP contribution in [-0.2, 0) is 4.74 Å². The summed E-state index contributed by atoms with van der Waals surface area (Å²) in [6.07, 6.45) is 2.18. The zero-order chi connectivity index (χ0) is 18.1. The van der Waals surface area contributed by atoms with Crippen LogP contribution in [0, 0.1) is 5.92 Å². The minimum absolute atomic E-state index is 0.0401. The first-order valence-electron chi connectivity index (χ1n) is 9.36. The van der Waals surface area contributed by atoms with Crippen LogP contribution in [0.2, 0.25) is 0 Å². The number of aliphatic hydroxyl groups is 1. The van der Waals surface area contributed by atoms with Crippen molar-refractivity contribution < 1.29 is 14.6 Å². The molecule has 0 saturated heterocycles. The van der Waals surface area contributed by atoms with Crippen LogP contribution >= 0.6 is 0 Å². The van der Waals surface area contributed by atoms with E-state index in [4.69, 9.17) is 4.74 Å². The molecule has 2 aliphatic rings. The Morgan fingerprint density at radius 1 is 1.15 bits per heavy atom. The molecule has 0 aromatic heterocycles. The summed E-state index contributed by atoms with van der Waals surface area (Å²) in [7, 11) is 0. The van der Waals surface area contributed by atoms with E-state index in [1.165, 1.54) is 22.3 Å². The van der Waals surface area contributed by atoms with Gasteiger partial charge < -0.3 is 15.2 Å². The highest BCUT2D eigenvalue weighted by molar-refractivity contribution is 5.79. The van der Waals surface area contributed by atoms with Crippen molar-refractivity contribution >= 4 is 6.09 Å². The molecular weight excluding hydrogens is 326 g/mol. The summed E-state index contributed by atoms with van der Waals surface area (Å²) in [5.74, 6) is 0.566. The van der Waals surface area contributed by atoms with E-state index in [0.717, 1.165) is 19.3 Å². The van der Waals surface area contributed by atoms with Crippen LogP contribution in [0.5, 0.6) is 0 Å². The van der Waals surface area contributed by atoms with Crippen molar-refractivity contribution in [2.45, 2.75) is 37.6 Å². The number of ether oxygens (including phenoxy) is 1. The molecule has 4 rings (SSSR count). The van der Waals surface area contributed by atoms with Crippen molar-refractivity contribution in [1.29, 1.82) is 0 Å². The minimum atomic E-state index is -0.526. The van der Waals surface area contributed by atoms with Crippen LogP contribution in [0.15, 0.2) is 48.5 Å². The van der Waals surface area contributed by atoms with Gasteiger partial charge in [0.2, 0.25) is 0 Å². The highest BCUT2D eigenvalue weighted by Gasteiger charge is 2.39. The average Bonchev–Trinajstić information content (AvgIpc) is 3.19. The number of hydrogen-bond donors (Lipinski definition) is 2. The fourth-order valence-electron chi connectivity index (χ4n) is 4.54. The summed E-state index contributed by atoms with van der Waals surface area (Å²) in [6, 6.07) is 16.6. The summed E-state index contributed by atoms with van der Waals surface area (Å²) >= 11 is 0. The van der Waals surface area contributed by atoms with Gasteiger partial charge in [-0.1, -0.05) is 55.5 Å². The third-order valence-electron chi connectivity index (χ3n) is 5.87. The number of carbonyl (C=O) groups is 1. The predicted molar refractivity (Wildman–Crippen MR) is 101 cm³/mol. The number of carbonyl (C=O) groups excluding carboxylic acids is 1. The van der Waals surface area contributed by atoms with Crippen molar-refractivity contribution in [3.05, 3.63) is 59.7 Å². The third kappa shape index (κ3) is 2.99. The first kappa shape index (κ1) is 17.1. The van der Waals surface area contributed by atoms with Crippen molar-refractivity contribution in [2.75, 3.05) is 13.2 Å². The van der Waals surface area contributed by atoms with Crippen LogP contribution < -0.4 is 5.32 Å². The van der Waals surface area contributed by atoms with Crippen molar-refractivity contribution in [3.8, 4) is 11.1 Å². The van der Waals surface area contributed by atoms with Gasteiger partial charge in [-0.3, -0.25) is 0 Å². The molecule has 1 fully saturated rings. The molecule has 0 aliphatic heterocycles. The number of hydrogen-bond acceptors (Lipinski definition) is 3. The number of amides is 1. The summed E-state index contributed by atoms with van der Waals surface area (Å²) < 4.78 is 5.60. The standard InChI is InChI=1S/C22H25NO3/c1-15-10-11-22(12-15,14-24)23-21(25)26-13-20-18-8-4-2-6-16(18)17-7-3-5-9-19(17)20/h2-9,15,20,24H,10-14H2,1H3,(H,23,25). The number of alkyl carbamates (subject to hydrolysis) is 1. The van der Waals surface area contributed by atoms with Gasteiger partial charge >= 0.3 is 6.09 Å². The van der Waals surface area contributed by atoms with Gasteiger partial charge in [0.05, 0.1) is 12.1 Å². The monoisotopic (exact) mass is 351 g/mol. The lowest BCUT2D eigenvalue weighted by Gasteiger charge is -2.28. The van der Waals surface area contributed by atoms with Crippen LogP contribution in [0.3, 0.4) is 0 Å². The van der Waals surface area contributed by atoms with Gasteiger partial charge in [-0.2, -0.15) is 0 Å². The van der Waals surface area contributed by atoms with E-state index in [1.807, 2.05) is 24.3 Å². The second kappa shape index (κ2) is 6.76. The lowest BCUT2D eigenvalue weighted by molar-refractivity contribution is 0.109. The quantitative estimate of drug-likeness (QED) is 0.873. The van der Waals surface area contributed by atoms with E-state index >= 15 is 0 Å². The minimum Gasteiger partial charge on any atom is -0.449 e. The molecule has 2 unspecified atom stereocenters. The molecule has 2 aliphatic carbocycles. The molecule has 1 amide bonds. The Bertz CT molecular complexity index is 773.